The molecule has 1 unspecified atom stereocenters. The van der Waals surface area contributed by atoms with E-state index in [1.54, 1.807) is 13.0 Å². The second-order valence-electron chi connectivity index (χ2n) is 2.41. The summed E-state index contributed by atoms with van der Waals surface area (Å²) in [5, 5.41) is 8.67. The topological polar surface area (TPSA) is 49.7 Å². The van der Waals surface area contributed by atoms with Gasteiger partial charge in [-0.25, -0.2) is 0 Å². The molecule has 1 rings (SSSR count). The molecule has 0 spiro atoms. The third-order valence-electron chi connectivity index (χ3n) is 1.61. The smallest absolute Gasteiger partial charge is 0.312 e. The van der Waals surface area contributed by atoms with Crippen LogP contribution >= 0.6 is 15.9 Å². The first-order chi connectivity index (χ1) is 5.11. The number of halogens is 1. The Balaban J connectivity index is 2.80. The van der Waals surface area contributed by atoms with Crippen LogP contribution in [0.4, 0.5) is 0 Å². The van der Waals surface area contributed by atoms with E-state index in [-0.39, 0.29) is 0 Å². The van der Waals surface area contributed by atoms with Gasteiger partial charge >= 0.3 is 5.97 Å². The Kier molecular flexibility index (Phi) is 2.44. The maximum Gasteiger partial charge on any atom is 0.312 e. The number of aliphatic carboxylic acids is 1. The molecule has 1 N–H and O–H groups in total. The van der Waals surface area contributed by atoms with Crippen molar-refractivity contribution in [1.82, 2.24) is 0 Å². The van der Waals surface area contributed by atoms with Crippen LogP contribution in [0.1, 0.15) is 13.3 Å². The fraction of sp³-hybridized carbons (Fsp3) is 0.429. The molecule has 11 heavy (non-hydrogen) atoms. The van der Waals surface area contributed by atoms with Gasteiger partial charge in [0, 0.05) is 5.71 Å². The predicted octanol–water partition coefficient (Wildman–Crippen LogP) is 1.79. The zero-order valence-electron chi connectivity index (χ0n) is 6.04. The fourth-order valence-corrected chi connectivity index (χ4v) is 1.42. The number of hydrogen-bond acceptors (Lipinski definition) is 2. The molecule has 0 radical (unpaired) electrons. The summed E-state index contributed by atoms with van der Waals surface area (Å²) >= 11 is 3.19. The Morgan fingerprint density at radius 3 is 3.00 bits per heavy atom. The molecule has 0 aliphatic carbocycles. The van der Waals surface area contributed by atoms with E-state index in [9.17, 15) is 4.79 Å². The van der Waals surface area contributed by atoms with Gasteiger partial charge in [-0.3, -0.25) is 9.79 Å². The third kappa shape index (κ3) is 1.89. The van der Waals surface area contributed by atoms with Crippen LogP contribution in [-0.4, -0.2) is 16.8 Å². The quantitative estimate of drug-likeness (QED) is 0.682. The highest BCUT2D eigenvalue weighted by Crippen LogP contribution is 2.20. The minimum atomic E-state index is -0.803. The maximum absolute atomic E-state index is 10.5. The summed E-state index contributed by atoms with van der Waals surface area (Å²) in [6, 6.07) is 0. The minimum Gasteiger partial charge on any atom is -0.481 e. The first-order valence-corrected chi connectivity index (χ1v) is 4.04. The lowest BCUT2D eigenvalue weighted by molar-refractivity contribution is -0.139. The molecule has 0 saturated heterocycles. The van der Waals surface area contributed by atoms with Gasteiger partial charge in [-0.15, -0.1) is 0 Å². The van der Waals surface area contributed by atoms with Crippen LogP contribution in [0.3, 0.4) is 0 Å². The minimum absolute atomic E-state index is 0.434. The molecule has 0 aromatic heterocycles. The lowest BCUT2D eigenvalue weighted by atomic mass is 9.99. The molecular formula is C7H8BrNO2. The maximum atomic E-state index is 10.5. The monoisotopic (exact) mass is 217 g/mol. The van der Waals surface area contributed by atoms with Crippen molar-refractivity contribution in [2.24, 2.45) is 10.9 Å². The highest BCUT2D eigenvalue weighted by molar-refractivity contribution is 9.11. The van der Waals surface area contributed by atoms with E-state index in [2.05, 4.69) is 20.9 Å². The average molecular weight is 218 g/mol. The number of rotatable bonds is 1. The van der Waals surface area contributed by atoms with E-state index in [0.29, 0.717) is 12.1 Å². The highest BCUT2D eigenvalue weighted by Gasteiger charge is 2.22. The van der Waals surface area contributed by atoms with Gasteiger partial charge in [0.15, 0.2) is 0 Å². The molecule has 1 aliphatic heterocycles. The summed E-state index contributed by atoms with van der Waals surface area (Å²) in [7, 11) is 0. The second-order valence-corrected chi connectivity index (χ2v) is 3.22. The Labute approximate surface area is 73.0 Å². The van der Waals surface area contributed by atoms with Gasteiger partial charge in [0.2, 0.25) is 0 Å². The number of carbonyl (C=O) groups is 1. The Hall–Kier alpha value is -0.640. The van der Waals surface area contributed by atoms with Gasteiger partial charge in [0.25, 0.3) is 0 Å². The third-order valence-corrected chi connectivity index (χ3v) is 2.11. The van der Waals surface area contributed by atoms with Crippen molar-refractivity contribution in [3.63, 3.8) is 0 Å². The van der Waals surface area contributed by atoms with E-state index >= 15 is 0 Å². The lowest BCUT2D eigenvalue weighted by Crippen LogP contribution is -2.22. The van der Waals surface area contributed by atoms with Crippen LogP contribution < -0.4 is 0 Å². The van der Waals surface area contributed by atoms with E-state index in [0.717, 1.165) is 4.61 Å². The largest absolute Gasteiger partial charge is 0.481 e. The summed E-state index contributed by atoms with van der Waals surface area (Å²) < 4.78 is 0.729. The fourth-order valence-electron chi connectivity index (χ4n) is 0.957. The van der Waals surface area contributed by atoms with E-state index in [4.69, 9.17) is 5.11 Å². The van der Waals surface area contributed by atoms with Crippen molar-refractivity contribution in [1.29, 1.82) is 0 Å². The van der Waals surface area contributed by atoms with Crippen molar-refractivity contribution in [3.8, 4) is 0 Å². The zero-order chi connectivity index (χ0) is 8.43. The number of carboxylic acid groups (broad SMARTS) is 1. The number of carboxylic acids is 1. The van der Waals surface area contributed by atoms with Gasteiger partial charge < -0.3 is 5.11 Å². The lowest BCUT2D eigenvalue weighted by Gasteiger charge is -2.13. The Bertz CT molecular complexity index is 245. The molecule has 4 heteroatoms. The van der Waals surface area contributed by atoms with Crippen molar-refractivity contribution in [3.05, 3.63) is 10.7 Å². The van der Waals surface area contributed by atoms with Crippen LogP contribution in [0.15, 0.2) is 15.7 Å². The Morgan fingerprint density at radius 2 is 2.55 bits per heavy atom. The summed E-state index contributed by atoms with van der Waals surface area (Å²) in [6.07, 6.45) is 2.30. The van der Waals surface area contributed by atoms with Crippen LogP contribution in [0, 0.1) is 5.92 Å². The number of allylic oxidation sites excluding steroid dienone is 1. The van der Waals surface area contributed by atoms with Gasteiger partial charge in [-0.1, -0.05) is 6.08 Å². The van der Waals surface area contributed by atoms with E-state index in [1.807, 2.05) is 0 Å². The summed E-state index contributed by atoms with van der Waals surface area (Å²) in [4.78, 5) is 14.5. The van der Waals surface area contributed by atoms with Crippen molar-refractivity contribution < 1.29 is 9.90 Å². The normalized spacial score (nSPS) is 24.0. The van der Waals surface area contributed by atoms with Crippen molar-refractivity contribution in [2.45, 2.75) is 13.3 Å². The summed E-state index contributed by atoms with van der Waals surface area (Å²) in [5.74, 6) is -1.24. The summed E-state index contributed by atoms with van der Waals surface area (Å²) in [6.45, 7) is 1.73. The molecule has 1 atom stereocenters. The number of aliphatic imine (C=N–C) groups is 1. The molecule has 3 nitrogen and oxygen atoms in total. The number of nitrogens with zero attached hydrogens (tertiary/aromatic N) is 1. The molecule has 0 fully saturated rings. The van der Waals surface area contributed by atoms with Crippen molar-refractivity contribution >= 4 is 27.6 Å². The molecule has 60 valence electrons. The molecule has 0 amide bonds. The van der Waals surface area contributed by atoms with Gasteiger partial charge in [-0.2, -0.15) is 0 Å². The SMILES string of the molecule is CC1=NC(Br)=CCC1C(=O)O. The van der Waals surface area contributed by atoms with Crippen LogP contribution in [-0.2, 0) is 4.79 Å². The van der Waals surface area contributed by atoms with Crippen LogP contribution in [0.5, 0.6) is 0 Å². The highest BCUT2D eigenvalue weighted by atomic mass is 79.9. The first kappa shape index (κ1) is 8.46. The van der Waals surface area contributed by atoms with Gasteiger partial charge in [0.1, 0.15) is 4.61 Å². The van der Waals surface area contributed by atoms with Gasteiger partial charge in [0.05, 0.1) is 5.92 Å². The van der Waals surface area contributed by atoms with Crippen molar-refractivity contribution in [2.75, 3.05) is 0 Å². The number of hydrogen-bond donors (Lipinski definition) is 1. The molecule has 0 saturated carbocycles. The standard InChI is InChI=1S/C7H8BrNO2/c1-4-5(7(10)11)2-3-6(8)9-4/h3,5H,2H2,1H3,(H,10,11). The van der Waals surface area contributed by atoms with E-state index < -0.39 is 11.9 Å². The van der Waals surface area contributed by atoms with Gasteiger partial charge in [-0.05, 0) is 29.3 Å². The molecule has 0 bridgehead atoms. The Morgan fingerprint density at radius 1 is 1.91 bits per heavy atom. The van der Waals surface area contributed by atoms with E-state index in [1.165, 1.54) is 0 Å². The molecule has 1 aliphatic rings. The zero-order valence-corrected chi connectivity index (χ0v) is 7.63. The molecule has 0 aromatic rings. The molecule has 0 aromatic carbocycles. The van der Waals surface area contributed by atoms with Crippen LogP contribution in [0.2, 0.25) is 0 Å². The summed E-state index contributed by atoms with van der Waals surface area (Å²) in [5.41, 5.74) is 0.659. The molecular weight excluding hydrogens is 210 g/mol. The van der Waals surface area contributed by atoms with Crippen LogP contribution in [0.25, 0.3) is 0 Å². The molecule has 1 heterocycles. The average Bonchev–Trinajstić information content (AvgIpc) is 1.85. The second kappa shape index (κ2) is 3.17. The first-order valence-electron chi connectivity index (χ1n) is 3.25. The predicted molar refractivity (Wildman–Crippen MR) is 45.9 cm³/mol.